The molecule has 0 aliphatic carbocycles. The van der Waals surface area contributed by atoms with Crippen molar-refractivity contribution in [1.29, 1.82) is 0 Å². The summed E-state index contributed by atoms with van der Waals surface area (Å²) in [6, 6.07) is 7.93. The van der Waals surface area contributed by atoms with Crippen molar-refractivity contribution in [1.82, 2.24) is 4.90 Å². The molecule has 1 heterocycles. The number of ketones is 1. The highest BCUT2D eigenvalue weighted by atomic mass is 79.9. The molecule has 1 aliphatic heterocycles. The Morgan fingerprint density at radius 2 is 2.15 bits per heavy atom. The lowest BCUT2D eigenvalue weighted by atomic mass is 10.0. The van der Waals surface area contributed by atoms with Gasteiger partial charge < -0.3 is 5.11 Å². The number of benzene rings is 1. The number of hydrogen-bond acceptors (Lipinski definition) is 3. The van der Waals surface area contributed by atoms with Crippen molar-refractivity contribution in [2.45, 2.75) is 44.7 Å². The Morgan fingerprint density at radius 1 is 1.45 bits per heavy atom. The van der Waals surface area contributed by atoms with Gasteiger partial charge >= 0.3 is 0 Å². The average molecular weight is 340 g/mol. The third-order valence-corrected chi connectivity index (χ3v) is 4.65. The van der Waals surface area contributed by atoms with Gasteiger partial charge in [-0.1, -0.05) is 28.1 Å². The zero-order chi connectivity index (χ0) is 14.5. The fraction of sp³-hybridized carbons (Fsp3) is 0.562. The Bertz CT molecular complexity index is 446. The van der Waals surface area contributed by atoms with Gasteiger partial charge in [0.15, 0.2) is 5.78 Å². The molecule has 1 aromatic carbocycles. The highest BCUT2D eigenvalue weighted by Crippen LogP contribution is 2.25. The number of halogens is 1. The van der Waals surface area contributed by atoms with Gasteiger partial charge in [0, 0.05) is 22.7 Å². The minimum absolute atomic E-state index is 0.0811. The van der Waals surface area contributed by atoms with Crippen LogP contribution in [0.2, 0.25) is 0 Å². The first-order valence-corrected chi connectivity index (χ1v) is 8.09. The molecule has 0 amide bonds. The van der Waals surface area contributed by atoms with E-state index in [4.69, 9.17) is 5.11 Å². The molecule has 0 radical (unpaired) electrons. The SMILES string of the molecule is CC(C(=O)c1ccc(Br)cc1)N1CCCC1CCCO. The van der Waals surface area contributed by atoms with Crippen molar-refractivity contribution in [2.24, 2.45) is 0 Å². The molecule has 1 fully saturated rings. The maximum Gasteiger partial charge on any atom is 0.179 e. The zero-order valence-corrected chi connectivity index (χ0v) is 13.5. The van der Waals surface area contributed by atoms with Crippen LogP contribution in [-0.2, 0) is 0 Å². The third kappa shape index (κ3) is 3.68. The minimum Gasteiger partial charge on any atom is -0.396 e. The molecule has 1 aliphatic rings. The second-order valence-corrected chi connectivity index (χ2v) is 6.36. The van der Waals surface area contributed by atoms with Crippen LogP contribution in [0.1, 0.15) is 43.0 Å². The summed E-state index contributed by atoms with van der Waals surface area (Å²) < 4.78 is 0.990. The van der Waals surface area contributed by atoms with Gasteiger partial charge in [-0.15, -0.1) is 0 Å². The number of likely N-dealkylation sites (tertiary alicyclic amines) is 1. The van der Waals surface area contributed by atoms with E-state index in [1.54, 1.807) is 0 Å². The number of hydrogen-bond donors (Lipinski definition) is 1. The first kappa shape index (κ1) is 15.7. The van der Waals surface area contributed by atoms with Gasteiger partial charge in [-0.2, -0.15) is 0 Å². The number of carbonyl (C=O) groups is 1. The zero-order valence-electron chi connectivity index (χ0n) is 11.9. The van der Waals surface area contributed by atoms with E-state index in [9.17, 15) is 4.79 Å². The van der Waals surface area contributed by atoms with Crippen molar-refractivity contribution in [3.8, 4) is 0 Å². The highest BCUT2D eigenvalue weighted by Gasteiger charge is 2.31. The molecule has 0 aromatic heterocycles. The van der Waals surface area contributed by atoms with E-state index in [0.717, 1.165) is 42.3 Å². The summed E-state index contributed by atoms with van der Waals surface area (Å²) in [5.74, 6) is 0.188. The minimum atomic E-state index is -0.0811. The quantitative estimate of drug-likeness (QED) is 0.808. The second-order valence-electron chi connectivity index (χ2n) is 5.45. The number of aliphatic hydroxyl groups is 1. The van der Waals surface area contributed by atoms with Crippen molar-refractivity contribution in [2.75, 3.05) is 13.2 Å². The molecule has 1 aromatic rings. The molecule has 2 unspecified atom stereocenters. The van der Waals surface area contributed by atoms with Crippen LogP contribution < -0.4 is 0 Å². The second kappa shape index (κ2) is 7.34. The normalized spacial score (nSPS) is 21.1. The smallest absolute Gasteiger partial charge is 0.179 e. The van der Waals surface area contributed by atoms with Crippen LogP contribution in [0, 0.1) is 0 Å². The summed E-state index contributed by atoms with van der Waals surface area (Å²) in [6.07, 6.45) is 4.08. The van der Waals surface area contributed by atoms with E-state index in [0.29, 0.717) is 6.04 Å². The van der Waals surface area contributed by atoms with Crippen molar-refractivity contribution >= 4 is 21.7 Å². The summed E-state index contributed by atoms with van der Waals surface area (Å²) in [5, 5.41) is 8.97. The van der Waals surface area contributed by atoms with E-state index >= 15 is 0 Å². The van der Waals surface area contributed by atoms with Crippen LogP contribution in [0.3, 0.4) is 0 Å². The van der Waals surface area contributed by atoms with E-state index in [1.165, 1.54) is 0 Å². The predicted molar refractivity (Wildman–Crippen MR) is 84.0 cm³/mol. The summed E-state index contributed by atoms with van der Waals surface area (Å²) in [7, 11) is 0. The fourth-order valence-electron chi connectivity index (χ4n) is 3.01. The van der Waals surface area contributed by atoms with Crippen molar-refractivity contribution in [3.05, 3.63) is 34.3 Å². The predicted octanol–water partition coefficient (Wildman–Crippen LogP) is 3.26. The number of Topliss-reactive ketones (excluding diaryl/α,β-unsaturated/α-hetero) is 1. The molecule has 1 N–H and O–H groups in total. The van der Waals surface area contributed by atoms with Gasteiger partial charge in [0.2, 0.25) is 0 Å². The monoisotopic (exact) mass is 339 g/mol. The first-order valence-electron chi connectivity index (χ1n) is 7.30. The van der Waals surface area contributed by atoms with Crippen LogP contribution in [0.4, 0.5) is 0 Å². The Balaban J connectivity index is 2.03. The van der Waals surface area contributed by atoms with Crippen LogP contribution in [0.5, 0.6) is 0 Å². The molecule has 3 nitrogen and oxygen atoms in total. The number of carbonyl (C=O) groups excluding carboxylic acids is 1. The molecule has 0 saturated carbocycles. The van der Waals surface area contributed by atoms with E-state index < -0.39 is 0 Å². The van der Waals surface area contributed by atoms with Gasteiger partial charge in [0.1, 0.15) is 0 Å². The molecule has 110 valence electrons. The number of nitrogens with zero attached hydrogens (tertiary/aromatic N) is 1. The number of aliphatic hydroxyl groups excluding tert-OH is 1. The van der Waals surface area contributed by atoms with Crippen LogP contribution in [-0.4, -0.2) is 41.0 Å². The molecule has 2 rings (SSSR count). The first-order chi connectivity index (χ1) is 9.63. The van der Waals surface area contributed by atoms with E-state index in [2.05, 4.69) is 20.8 Å². The van der Waals surface area contributed by atoms with Gasteiger partial charge in [-0.3, -0.25) is 9.69 Å². The molecule has 0 bridgehead atoms. The maximum absolute atomic E-state index is 12.6. The highest BCUT2D eigenvalue weighted by molar-refractivity contribution is 9.10. The van der Waals surface area contributed by atoms with Crippen LogP contribution in [0.15, 0.2) is 28.7 Å². The Kier molecular flexibility index (Phi) is 5.75. The van der Waals surface area contributed by atoms with Crippen molar-refractivity contribution < 1.29 is 9.90 Å². The van der Waals surface area contributed by atoms with Gasteiger partial charge in [0.25, 0.3) is 0 Å². The van der Waals surface area contributed by atoms with Crippen LogP contribution >= 0.6 is 15.9 Å². The van der Waals surface area contributed by atoms with E-state index in [-0.39, 0.29) is 18.4 Å². The third-order valence-electron chi connectivity index (χ3n) is 4.12. The molecule has 0 spiro atoms. The van der Waals surface area contributed by atoms with Crippen molar-refractivity contribution in [3.63, 3.8) is 0 Å². The lowest BCUT2D eigenvalue weighted by Crippen LogP contribution is -2.42. The van der Waals surface area contributed by atoms with Gasteiger partial charge in [0.05, 0.1) is 6.04 Å². The molecular weight excluding hydrogens is 318 g/mol. The molecule has 4 heteroatoms. The van der Waals surface area contributed by atoms with Gasteiger partial charge in [-0.05, 0) is 51.3 Å². The Hall–Kier alpha value is -0.710. The molecular formula is C16H22BrNO2. The maximum atomic E-state index is 12.6. The Morgan fingerprint density at radius 3 is 2.80 bits per heavy atom. The average Bonchev–Trinajstić information content (AvgIpc) is 2.92. The Labute approximate surface area is 129 Å². The largest absolute Gasteiger partial charge is 0.396 e. The fourth-order valence-corrected chi connectivity index (χ4v) is 3.28. The summed E-state index contributed by atoms with van der Waals surface area (Å²) in [6.45, 7) is 3.22. The van der Waals surface area contributed by atoms with Gasteiger partial charge in [-0.25, -0.2) is 0 Å². The molecule has 2 atom stereocenters. The van der Waals surface area contributed by atoms with E-state index in [1.807, 2.05) is 31.2 Å². The summed E-state index contributed by atoms with van der Waals surface area (Å²) in [4.78, 5) is 14.9. The van der Waals surface area contributed by atoms with Crippen LogP contribution in [0.25, 0.3) is 0 Å². The molecule has 20 heavy (non-hydrogen) atoms. The standard InChI is InChI=1S/C16H22BrNO2/c1-12(16(20)13-6-8-14(17)9-7-13)18-10-2-4-15(18)5-3-11-19/h6-9,12,15,19H,2-5,10-11H2,1H3. The molecule has 1 saturated heterocycles. The lowest BCUT2D eigenvalue weighted by molar-refractivity contribution is 0.0809. The summed E-state index contributed by atoms with van der Waals surface area (Å²) in [5.41, 5.74) is 0.772. The lowest BCUT2D eigenvalue weighted by Gasteiger charge is -2.29. The topological polar surface area (TPSA) is 40.5 Å². The summed E-state index contributed by atoms with van der Waals surface area (Å²) >= 11 is 3.39. The number of rotatable bonds is 6.